The van der Waals surface area contributed by atoms with Crippen molar-refractivity contribution < 1.29 is 4.79 Å². The van der Waals surface area contributed by atoms with Gasteiger partial charge < -0.3 is 9.80 Å². The minimum absolute atomic E-state index is 0.0977. The second-order valence-electron chi connectivity index (χ2n) is 6.49. The minimum atomic E-state index is -0.151. The molecule has 9 nitrogen and oxygen atoms in total. The van der Waals surface area contributed by atoms with Crippen LogP contribution in [0, 0.1) is 0 Å². The average Bonchev–Trinajstić information content (AvgIpc) is 2.76. The summed E-state index contributed by atoms with van der Waals surface area (Å²) in [5.41, 5.74) is 1.88. The van der Waals surface area contributed by atoms with Gasteiger partial charge in [0.25, 0.3) is 11.5 Å². The zero-order valence-corrected chi connectivity index (χ0v) is 15.4. The molecule has 3 aromatic rings. The van der Waals surface area contributed by atoms with Crippen molar-refractivity contribution in [2.75, 3.05) is 31.1 Å². The van der Waals surface area contributed by atoms with Crippen LogP contribution in [0.3, 0.4) is 0 Å². The molecule has 1 fully saturated rings. The van der Waals surface area contributed by atoms with Gasteiger partial charge in [-0.25, -0.2) is 14.6 Å². The topological polar surface area (TPSA) is 97.1 Å². The SMILES string of the molecule is Cn1ncc(N2CCN(C(=O)c3cnc(-c4cccnc4)nc3)CC2)cc1=O. The maximum absolute atomic E-state index is 12.7. The normalized spacial score (nSPS) is 14.2. The molecule has 9 heteroatoms. The fourth-order valence-corrected chi connectivity index (χ4v) is 3.07. The molecule has 4 rings (SSSR count). The lowest BCUT2D eigenvalue weighted by Crippen LogP contribution is -2.49. The number of rotatable bonds is 3. The van der Waals surface area contributed by atoms with E-state index in [1.165, 1.54) is 4.68 Å². The van der Waals surface area contributed by atoms with Crippen molar-refractivity contribution in [3.05, 3.63) is 65.1 Å². The first-order valence-electron chi connectivity index (χ1n) is 8.92. The third-order valence-corrected chi connectivity index (χ3v) is 4.70. The average molecular weight is 377 g/mol. The molecule has 4 heterocycles. The number of aryl methyl sites for hydroxylation is 1. The Morgan fingerprint density at radius 1 is 1.04 bits per heavy atom. The van der Waals surface area contributed by atoms with Crippen molar-refractivity contribution in [3.8, 4) is 11.4 Å². The van der Waals surface area contributed by atoms with E-state index >= 15 is 0 Å². The predicted octanol–water partition coefficient (Wildman–Crippen LogP) is 0.595. The molecule has 142 valence electrons. The number of hydrogen-bond donors (Lipinski definition) is 0. The number of nitrogens with zero attached hydrogens (tertiary/aromatic N) is 7. The second kappa shape index (κ2) is 7.55. The van der Waals surface area contributed by atoms with Crippen LogP contribution in [0.1, 0.15) is 10.4 Å². The van der Waals surface area contributed by atoms with Crippen LogP contribution in [0.4, 0.5) is 5.69 Å². The maximum atomic E-state index is 12.7. The van der Waals surface area contributed by atoms with E-state index in [4.69, 9.17) is 0 Å². The monoisotopic (exact) mass is 377 g/mol. The van der Waals surface area contributed by atoms with Gasteiger partial charge in [0.15, 0.2) is 5.82 Å². The quantitative estimate of drug-likeness (QED) is 0.659. The van der Waals surface area contributed by atoms with Crippen molar-refractivity contribution in [2.45, 2.75) is 0 Å². The Bertz CT molecular complexity index is 1030. The molecule has 28 heavy (non-hydrogen) atoms. The first-order chi connectivity index (χ1) is 13.6. The summed E-state index contributed by atoms with van der Waals surface area (Å²) >= 11 is 0. The molecule has 1 aliphatic heterocycles. The van der Waals surface area contributed by atoms with Crippen LogP contribution < -0.4 is 10.5 Å². The van der Waals surface area contributed by atoms with E-state index in [-0.39, 0.29) is 11.5 Å². The number of piperazine rings is 1. The van der Waals surface area contributed by atoms with Crippen LogP contribution in [0.5, 0.6) is 0 Å². The number of carbonyl (C=O) groups excluding carboxylic acids is 1. The highest BCUT2D eigenvalue weighted by Crippen LogP contribution is 2.16. The Kier molecular flexibility index (Phi) is 4.79. The number of carbonyl (C=O) groups is 1. The predicted molar refractivity (Wildman–Crippen MR) is 103 cm³/mol. The van der Waals surface area contributed by atoms with Gasteiger partial charge in [-0.1, -0.05) is 0 Å². The first kappa shape index (κ1) is 17.8. The van der Waals surface area contributed by atoms with E-state index in [1.807, 2.05) is 12.1 Å². The van der Waals surface area contributed by atoms with E-state index in [0.717, 1.165) is 11.3 Å². The fraction of sp³-hybridized carbons (Fsp3) is 0.263. The van der Waals surface area contributed by atoms with Crippen LogP contribution in [-0.4, -0.2) is 61.7 Å². The van der Waals surface area contributed by atoms with Gasteiger partial charge in [-0.3, -0.25) is 14.6 Å². The molecule has 0 aliphatic carbocycles. The lowest BCUT2D eigenvalue weighted by Gasteiger charge is -2.35. The van der Waals surface area contributed by atoms with Crippen LogP contribution in [0.15, 0.2) is 54.0 Å². The van der Waals surface area contributed by atoms with Gasteiger partial charge >= 0.3 is 0 Å². The lowest BCUT2D eigenvalue weighted by atomic mass is 10.2. The Morgan fingerprint density at radius 3 is 2.43 bits per heavy atom. The number of anilines is 1. The number of pyridine rings is 1. The summed E-state index contributed by atoms with van der Waals surface area (Å²) in [5, 5.41) is 4.05. The zero-order valence-electron chi connectivity index (χ0n) is 15.4. The molecule has 1 amide bonds. The van der Waals surface area contributed by atoms with Gasteiger partial charge in [-0.15, -0.1) is 0 Å². The summed E-state index contributed by atoms with van der Waals surface area (Å²) in [6, 6.07) is 5.25. The van der Waals surface area contributed by atoms with Gasteiger partial charge in [0, 0.05) is 69.6 Å². The molecule has 0 saturated carbocycles. The van der Waals surface area contributed by atoms with Gasteiger partial charge in [0.05, 0.1) is 17.4 Å². The third-order valence-electron chi connectivity index (χ3n) is 4.70. The van der Waals surface area contributed by atoms with Crippen molar-refractivity contribution in [2.24, 2.45) is 7.05 Å². The van der Waals surface area contributed by atoms with Gasteiger partial charge in [-0.05, 0) is 12.1 Å². The van der Waals surface area contributed by atoms with Gasteiger partial charge in [0.1, 0.15) is 0 Å². The molecule has 0 atom stereocenters. The second-order valence-corrected chi connectivity index (χ2v) is 6.49. The van der Waals surface area contributed by atoms with Crippen molar-refractivity contribution in [1.29, 1.82) is 0 Å². The molecular weight excluding hydrogens is 358 g/mol. The molecule has 1 aliphatic rings. The standard InChI is InChI=1S/C19H19N7O2/c1-24-17(27)9-16(13-23-24)25-5-7-26(8-6-25)19(28)15-11-21-18(22-12-15)14-3-2-4-20-10-14/h2-4,9-13H,5-8H2,1H3. The van der Waals surface area contributed by atoms with Crippen molar-refractivity contribution in [1.82, 2.24) is 29.6 Å². The van der Waals surface area contributed by atoms with Crippen molar-refractivity contribution in [3.63, 3.8) is 0 Å². The number of hydrogen-bond acceptors (Lipinski definition) is 7. The molecular formula is C19H19N7O2. The summed E-state index contributed by atoms with van der Waals surface area (Å²) in [6.45, 7) is 2.38. The van der Waals surface area contributed by atoms with Crippen LogP contribution in [0.25, 0.3) is 11.4 Å². The van der Waals surface area contributed by atoms with Crippen LogP contribution in [-0.2, 0) is 7.05 Å². The summed E-state index contributed by atoms with van der Waals surface area (Å²) in [4.78, 5) is 41.0. The lowest BCUT2D eigenvalue weighted by molar-refractivity contribution is 0.0746. The molecule has 0 unspecified atom stereocenters. The highest BCUT2D eigenvalue weighted by molar-refractivity contribution is 5.94. The maximum Gasteiger partial charge on any atom is 0.268 e. The Labute approximate surface area is 161 Å². The van der Waals surface area contributed by atoms with E-state index in [2.05, 4.69) is 25.0 Å². The Balaban J connectivity index is 1.41. The molecule has 0 N–H and O–H groups in total. The summed E-state index contributed by atoms with van der Waals surface area (Å²) in [7, 11) is 1.62. The molecule has 3 aromatic heterocycles. The van der Waals surface area contributed by atoms with Crippen LogP contribution >= 0.6 is 0 Å². The molecule has 0 bridgehead atoms. The smallest absolute Gasteiger partial charge is 0.268 e. The third kappa shape index (κ3) is 3.59. The van der Waals surface area contributed by atoms with Gasteiger partial charge in [0.2, 0.25) is 0 Å². The fourth-order valence-electron chi connectivity index (χ4n) is 3.07. The molecule has 0 radical (unpaired) electrons. The molecule has 0 aromatic carbocycles. The molecule has 1 saturated heterocycles. The van der Waals surface area contributed by atoms with Gasteiger partial charge in [-0.2, -0.15) is 5.10 Å². The summed E-state index contributed by atoms with van der Waals surface area (Å²) < 4.78 is 1.29. The zero-order chi connectivity index (χ0) is 19.5. The van der Waals surface area contributed by atoms with E-state index in [1.54, 1.807) is 49.0 Å². The first-order valence-corrected chi connectivity index (χ1v) is 8.92. The van der Waals surface area contributed by atoms with Crippen LogP contribution in [0.2, 0.25) is 0 Å². The number of aromatic nitrogens is 5. The molecule has 0 spiro atoms. The minimum Gasteiger partial charge on any atom is -0.367 e. The van der Waals surface area contributed by atoms with E-state index in [9.17, 15) is 9.59 Å². The van der Waals surface area contributed by atoms with E-state index in [0.29, 0.717) is 37.6 Å². The highest BCUT2D eigenvalue weighted by Gasteiger charge is 2.23. The largest absolute Gasteiger partial charge is 0.367 e. The summed E-state index contributed by atoms with van der Waals surface area (Å²) in [5.74, 6) is 0.437. The highest BCUT2D eigenvalue weighted by atomic mass is 16.2. The number of amides is 1. The summed E-state index contributed by atoms with van der Waals surface area (Å²) in [6.07, 6.45) is 8.14. The van der Waals surface area contributed by atoms with Crippen molar-refractivity contribution >= 4 is 11.6 Å². The Morgan fingerprint density at radius 2 is 1.79 bits per heavy atom. The Hall–Kier alpha value is -3.62. The van der Waals surface area contributed by atoms with E-state index < -0.39 is 0 Å².